The van der Waals surface area contributed by atoms with E-state index in [4.69, 9.17) is 16.3 Å². The van der Waals surface area contributed by atoms with Crippen molar-refractivity contribution in [3.8, 4) is 5.69 Å². The van der Waals surface area contributed by atoms with E-state index in [-0.39, 0.29) is 17.6 Å². The van der Waals surface area contributed by atoms with Crippen LogP contribution in [0.1, 0.15) is 70.2 Å². The predicted molar refractivity (Wildman–Crippen MR) is 124 cm³/mol. The number of halogens is 1. The molecule has 9 heteroatoms. The van der Waals surface area contributed by atoms with Gasteiger partial charge in [-0.25, -0.2) is 9.48 Å². The van der Waals surface area contributed by atoms with E-state index < -0.39 is 5.60 Å². The number of amidine groups is 1. The van der Waals surface area contributed by atoms with Crippen molar-refractivity contribution in [2.24, 2.45) is 4.99 Å². The smallest absolute Gasteiger partial charge is 0.410 e. The Morgan fingerprint density at radius 1 is 1.31 bits per heavy atom. The van der Waals surface area contributed by atoms with Gasteiger partial charge in [0.2, 0.25) is 0 Å². The van der Waals surface area contributed by atoms with Crippen LogP contribution in [0.3, 0.4) is 0 Å². The Hall–Kier alpha value is -2.61. The Kier molecular flexibility index (Phi) is 4.96. The van der Waals surface area contributed by atoms with E-state index in [1.54, 1.807) is 9.58 Å². The number of aliphatic imine (C=N–C) groups is 1. The maximum Gasteiger partial charge on any atom is 0.410 e. The van der Waals surface area contributed by atoms with Gasteiger partial charge < -0.3 is 10.1 Å². The monoisotopic (exact) mass is 456 g/mol. The van der Waals surface area contributed by atoms with Crippen molar-refractivity contribution in [3.05, 3.63) is 34.6 Å². The largest absolute Gasteiger partial charge is 0.444 e. The van der Waals surface area contributed by atoms with Crippen LogP contribution in [-0.4, -0.2) is 51.0 Å². The second kappa shape index (κ2) is 7.47. The predicted octanol–water partition coefficient (Wildman–Crippen LogP) is 4.87. The lowest BCUT2D eigenvalue weighted by molar-refractivity contribution is 0.0221. The molecule has 0 radical (unpaired) electrons. The van der Waals surface area contributed by atoms with Crippen molar-refractivity contribution in [2.45, 2.75) is 69.9 Å². The highest BCUT2D eigenvalue weighted by Gasteiger charge is 2.49. The Bertz CT molecular complexity index is 1100. The minimum atomic E-state index is -0.536. The first-order valence-electron chi connectivity index (χ1n) is 11.2. The van der Waals surface area contributed by atoms with Crippen molar-refractivity contribution in [3.63, 3.8) is 0 Å². The third kappa shape index (κ3) is 3.36. The molecular formula is C23H29ClN6O2. The van der Waals surface area contributed by atoms with E-state index in [9.17, 15) is 4.79 Å². The van der Waals surface area contributed by atoms with Crippen molar-refractivity contribution < 1.29 is 9.53 Å². The first-order chi connectivity index (χ1) is 15.2. The molecule has 0 bridgehead atoms. The van der Waals surface area contributed by atoms with Gasteiger partial charge in [0.05, 0.1) is 28.4 Å². The quantitative estimate of drug-likeness (QED) is 0.696. The van der Waals surface area contributed by atoms with Gasteiger partial charge in [-0.3, -0.25) is 9.89 Å². The lowest BCUT2D eigenvalue weighted by Crippen LogP contribution is -2.41. The highest BCUT2D eigenvalue weighted by Crippen LogP contribution is 2.52. The number of likely N-dealkylation sites (tertiary alicyclic amines) is 1. The molecule has 3 aliphatic rings. The molecule has 2 aromatic rings. The van der Waals surface area contributed by atoms with E-state index in [0.717, 1.165) is 48.6 Å². The zero-order valence-corrected chi connectivity index (χ0v) is 19.7. The number of carbonyl (C=O) groups excluding carboxylic acids is 1. The number of anilines is 1. The molecule has 1 amide bonds. The van der Waals surface area contributed by atoms with Crippen LogP contribution in [0.15, 0.2) is 23.3 Å². The topological polar surface area (TPSA) is 84.6 Å². The lowest BCUT2D eigenvalue weighted by atomic mass is 9.65. The molecule has 3 heterocycles. The van der Waals surface area contributed by atoms with Crippen LogP contribution in [0.2, 0.25) is 5.02 Å². The Balaban J connectivity index is 1.43. The zero-order valence-electron chi connectivity index (χ0n) is 19.0. The number of rotatable bonds is 2. The highest BCUT2D eigenvalue weighted by atomic mass is 35.5. The fourth-order valence-corrected chi connectivity index (χ4v) is 5.33. The maximum atomic E-state index is 12.7. The molecule has 1 spiro atoms. The number of hydrogen-bond acceptors (Lipinski definition) is 5. The van der Waals surface area contributed by atoms with Crippen LogP contribution < -0.4 is 5.32 Å². The van der Waals surface area contributed by atoms with E-state index in [1.165, 1.54) is 12.0 Å². The Morgan fingerprint density at radius 3 is 2.75 bits per heavy atom. The SMILES string of the molecule is CN=C1Nc2cc(-n3cc(C4CCCN4C(=O)OC(C)(C)C)nn3)c(Cl)cc2C12CCC2. The number of aromatic nitrogens is 3. The molecule has 32 heavy (non-hydrogen) atoms. The molecule has 8 nitrogen and oxygen atoms in total. The average molecular weight is 457 g/mol. The number of nitrogens with one attached hydrogen (secondary N) is 1. The third-order valence-electron chi connectivity index (χ3n) is 6.72. The van der Waals surface area contributed by atoms with E-state index in [1.807, 2.05) is 46.1 Å². The van der Waals surface area contributed by atoms with E-state index in [0.29, 0.717) is 11.6 Å². The summed E-state index contributed by atoms with van der Waals surface area (Å²) in [4.78, 5) is 18.9. The van der Waals surface area contributed by atoms with Crippen LogP contribution in [0.4, 0.5) is 10.5 Å². The average Bonchev–Trinajstić information content (AvgIpc) is 3.41. The van der Waals surface area contributed by atoms with Crippen molar-refractivity contribution in [1.82, 2.24) is 19.9 Å². The Morgan fingerprint density at radius 2 is 2.09 bits per heavy atom. The zero-order chi connectivity index (χ0) is 22.7. The molecule has 1 aliphatic carbocycles. The first-order valence-corrected chi connectivity index (χ1v) is 11.6. The molecule has 1 saturated carbocycles. The summed E-state index contributed by atoms with van der Waals surface area (Å²) in [7, 11) is 1.83. The summed E-state index contributed by atoms with van der Waals surface area (Å²) in [5, 5.41) is 12.8. The van der Waals surface area contributed by atoms with Gasteiger partial charge in [-0.15, -0.1) is 5.10 Å². The normalized spacial score (nSPS) is 22.7. The summed E-state index contributed by atoms with van der Waals surface area (Å²) >= 11 is 6.72. The lowest BCUT2D eigenvalue weighted by Gasteiger charge is -2.38. The minimum absolute atomic E-state index is 0.0163. The van der Waals surface area contributed by atoms with Crippen LogP contribution in [-0.2, 0) is 10.2 Å². The molecule has 1 N–H and O–H groups in total. The molecule has 2 fully saturated rings. The summed E-state index contributed by atoms with van der Waals surface area (Å²) in [6, 6.07) is 3.91. The molecule has 2 aliphatic heterocycles. The number of nitrogens with zero attached hydrogens (tertiary/aromatic N) is 5. The fourth-order valence-electron chi connectivity index (χ4n) is 5.08. The molecule has 1 aromatic heterocycles. The molecule has 1 saturated heterocycles. The van der Waals surface area contributed by atoms with Crippen LogP contribution in [0.25, 0.3) is 5.69 Å². The molecular weight excluding hydrogens is 428 g/mol. The number of amides is 1. The van der Waals surface area contributed by atoms with Crippen LogP contribution in [0.5, 0.6) is 0 Å². The standard InChI is InChI=1S/C23H29ClN6O2/c1-22(2,3)32-21(31)29-10-5-7-18(29)17-13-30(28-27-17)19-12-16-14(11-15(19)24)23(8-6-9-23)20(25-4)26-16/h11-13,18H,5-10H2,1-4H3,(H,25,26). The van der Waals surface area contributed by atoms with Gasteiger partial charge in [0.25, 0.3) is 0 Å². The molecule has 1 aromatic carbocycles. The second-order valence-corrected chi connectivity index (χ2v) is 10.3. The number of ether oxygens (including phenoxy) is 1. The van der Waals surface area contributed by atoms with E-state index in [2.05, 4.69) is 20.6 Å². The number of benzene rings is 1. The minimum Gasteiger partial charge on any atom is -0.444 e. The van der Waals surface area contributed by atoms with Crippen molar-refractivity contribution in [1.29, 1.82) is 0 Å². The first kappa shape index (κ1) is 21.2. The third-order valence-corrected chi connectivity index (χ3v) is 7.02. The van der Waals surface area contributed by atoms with Gasteiger partial charge >= 0.3 is 6.09 Å². The van der Waals surface area contributed by atoms with E-state index >= 15 is 0 Å². The number of fused-ring (bicyclic) bond motifs is 2. The van der Waals surface area contributed by atoms with Crippen molar-refractivity contribution in [2.75, 3.05) is 18.9 Å². The van der Waals surface area contributed by atoms with Gasteiger partial charge in [-0.1, -0.05) is 23.2 Å². The summed E-state index contributed by atoms with van der Waals surface area (Å²) in [5.74, 6) is 1.02. The molecule has 1 unspecified atom stereocenters. The van der Waals surface area contributed by atoms with Gasteiger partial charge in [0, 0.05) is 19.3 Å². The number of carbonyl (C=O) groups is 1. The Labute approximate surface area is 193 Å². The molecule has 1 atom stereocenters. The van der Waals surface area contributed by atoms with Gasteiger partial charge in [0.15, 0.2) is 0 Å². The molecule has 170 valence electrons. The molecule has 5 rings (SSSR count). The highest BCUT2D eigenvalue weighted by molar-refractivity contribution is 6.33. The fraction of sp³-hybridized carbons (Fsp3) is 0.565. The maximum absolute atomic E-state index is 12.7. The van der Waals surface area contributed by atoms with Gasteiger partial charge in [-0.05, 0) is 64.2 Å². The summed E-state index contributed by atoms with van der Waals surface area (Å²) < 4.78 is 7.28. The van der Waals surface area contributed by atoms with Crippen LogP contribution in [0, 0.1) is 0 Å². The van der Waals surface area contributed by atoms with Crippen LogP contribution >= 0.6 is 11.6 Å². The summed E-state index contributed by atoms with van der Waals surface area (Å²) in [6.45, 7) is 6.27. The summed E-state index contributed by atoms with van der Waals surface area (Å²) in [6.07, 6.45) is 6.66. The number of hydrogen-bond donors (Lipinski definition) is 1. The van der Waals surface area contributed by atoms with Crippen molar-refractivity contribution >= 4 is 29.2 Å². The summed E-state index contributed by atoms with van der Waals surface area (Å²) in [5.41, 5.74) is 3.18. The second-order valence-electron chi connectivity index (χ2n) is 9.90. The van der Waals surface area contributed by atoms with Gasteiger partial charge in [-0.2, -0.15) is 0 Å². The van der Waals surface area contributed by atoms with Gasteiger partial charge in [0.1, 0.15) is 17.1 Å².